The van der Waals surface area contributed by atoms with Gasteiger partial charge in [-0.05, 0) is 36.2 Å². The Hall–Kier alpha value is -3.53. The Morgan fingerprint density at radius 1 is 0.929 bits per heavy atom. The summed E-state index contributed by atoms with van der Waals surface area (Å²) in [6.07, 6.45) is 0.505. The zero-order chi connectivity index (χ0) is 19.3. The van der Waals surface area contributed by atoms with Crippen molar-refractivity contribution >= 4 is 22.6 Å². The zero-order valence-corrected chi connectivity index (χ0v) is 15.5. The molecule has 4 nitrogen and oxygen atoms in total. The van der Waals surface area contributed by atoms with Gasteiger partial charge >= 0.3 is 0 Å². The van der Waals surface area contributed by atoms with Gasteiger partial charge in [0.05, 0.1) is 11.0 Å². The molecule has 1 aromatic heterocycles. The maximum Gasteiger partial charge on any atom is 0.166 e. The molecule has 0 bridgehead atoms. The van der Waals surface area contributed by atoms with E-state index in [2.05, 4.69) is 28.8 Å². The first-order chi connectivity index (χ1) is 13.6. The van der Waals surface area contributed by atoms with Crippen molar-refractivity contribution in [3.8, 4) is 22.5 Å². The maximum absolute atomic E-state index is 12.2. The van der Waals surface area contributed by atoms with Gasteiger partial charge in [0.1, 0.15) is 5.82 Å². The van der Waals surface area contributed by atoms with Crippen molar-refractivity contribution in [2.75, 3.05) is 0 Å². The maximum atomic E-state index is 12.2. The highest BCUT2D eigenvalue weighted by molar-refractivity contribution is 6.08. The van der Waals surface area contributed by atoms with Crippen LogP contribution in [0.4, 0.5) is 0 Å². The molecule has 4 heteroatoms. The first kappa shape index (κ1) is 16.6. The Morgan fingerprint density at radius 2 is 1.68 bits per heavy atom. The Balaban J connectivity index is 1.58. The highest BCUT2D eigenvalue weighted by Gasteiger charge is 2.23. The van der Waals surface area contributed by atoms with E-state index in [4.69, 9.17) is 4.98 Å². The van der Waals surface area contributed by atoms with Crippen molar-refractivity contribution in [1.82, 2.24) is 9.55 Å². The number of aromatic nitrogens is 2. The van der Waals surface area contributed by atoms with Gasteiger partial charge in [-0.15, -0.1) is 0 Å². The van der Waals surface area contributed by atoms with Crippen LogP contribution in [-0.2, 0) is 6.54 Å². The van der Waals surface area contributed by atoms with Crippen molar-refractivity contribution in [3.63, 3.8) is 0 Å². The number of benzene rings is 3. The normalized spacial score (nSPS) is 13.1. The van der Waals surface area contributed by atoms with Gasteiger partial charge < -0.3 is 4.57 Å². The summed E-state index contributed by atoms with van der Waals surface area (Å²) in [6, 6.07) is 21.6. The van der Waals surface area contributed by atoms with E-state index in [0.29, 0.717) is 18.5 Å². The third-order valence-corrected chi connectivity index (χ3v) is 5.38. The van der Waals surface area contributed by atoms with Gasteiger partial charge in [-0.25, -0.2) is 4.98 Å². The van der Waals surface area contributed by atoms with Crippen LogP contribution in [0, 0.1) is 0 Å². The second kappa shape index (κ2) is 6.27. The van der Waals surface area contributed by atoms with Gasteiger partial charge in [-0.3, -0.25) is 9.59 Å². The number of aryl methyl sites for hydroxylation is 1. The first-order valence-electron chi connectivity index (χ1n) is 9.36. The second-order valence-corrected chi connectivity index (χ2v) is 7.15. The number of rotatable bonds is 3. The number of imidazole rings is 1. The fraction of sp³-hybridized carbons (Fsp3) is 0.125. The molecule has 2 heterocycles. The summed E-state index contributed by atoms with van der Waals surface area (Å²) in [5.74, 6) is 1.14. The molecule has 0 amide bonds. The lowest BCUT2D eigenvalue weighted by atomic mass is 10.0. The number of Topliss-reactive ketones (excluding diaryl/α,β-unsaturated/α-hetero) is 2. The number of hydrogen-bond acceptors (Lipinski definition) is 3. The van der Waals surface area contributed by atoms with Crippen molar-refractivity contribution in [1.29, 1.82) is 0 Å². The fourth-order valence-electron chi connectivity index (χ4n) is 3.93. The minimum absolute atomic E-state index is 0.0620. The molecule has 28 heavy (non-hydrogen) atoms. The van der Waals surface area contributed by atoms with Crippen LogP contribution in [-0.4, -0.2) is 21.1 Å². The number of hydrogen-bond donors (Lipinski definition) is 0. The summed E-state index contributed by atoms with van der Waals surface area (Å²) in [4.78, 5) is 28.7. The molecule has 1 aliphatic rings. The minimum Gasteiger partial charge on any atom is -0.323 e. The van der Waals surface area contributed by atoms with Crippen molar-refractivity contribution in [2.24, 2.45) is 0 Å². The van der Waals surface area contributed by atoms with E-state index in [-0.39, 0.29) is 11.6 Å². The summed E-state index contributed by atoms with van der Waals surface area (Å²) in [7, 11) is 0. The Kier molecular flexibility index (Phi) is 3.72. The Morgan fingerprint density at radius 3 is 2.46 bits per heavy atom. The van der Waals surface area contributed by atoms with Gasteiger partial charge in [0.15, 0.2) is 11.6 Å². The molecule has 0 radical (unpaired) electrons. The highest BCUT2D eigenvalue weighted by Crippen LogP contribution is 2.32. The predicted molar refractivity (Wildman–Crippen MR) is 110 cm³/mol. The summed E-state index contributed by atoms with van der Waals surface area (Å²) in [6.45, 7) is 2.24. The number of carbonyl (C=O) groups excluding carboxylic acids is 2. The third-order valence-electron chi connectivity index (χ3n) is 5.38. The minimum atomic E-state index is 0.0620. The smallest absolute Gasteiger partial charge is 0.166 e. The monoisotopic (exact) mass is 366 g/mol. The molecular formula is C24H18N2O2. The molecular weight excluding hydrogens is 348 g/mol. The highest BCUT2D eigenvalue weighted by atomic mass is 16.1. The summed E-state index contributed by atoms with van der Waals surface area (Å²) in [5.41, 5.74) is 6.36. The van der Waals surface area contributed by atoms with Crippen LogP contribution < -0.4 is 0 Å². The largest absolute Gasteiger partial charge is 0.323 e. The number of nitrogens with zero attached hydrogens (tertiary/aromatic N) is 2. The number of carbonyl (C=O) groups is 2. The summed E-state index contributed by atoms with van der Waals surface area (Å²) < 4.78 is 2.15. The Bertz CT molecular complexity index is 1250. The molecule has 4 aromatic rings. The molecule has 0 unspecified atom stereocenters. The fourth-order valence-corrected chi connectivity index (χ4v) is 3.93. The van der Waals surface area contributed by atoms with Crippen molar-refractivity contribution < 1.29 is 9.59 Å². The SMILES string of the molecule is CC(=O)c1cccc(-c2ccc(-c3nc4cccc5c4n3CCC5=O)cc2)c1. The summed E-state index contributed by atoms with van der Waals surface area (Å²) >= 11 is 0. The van der Waals surface area contributed by atoms with Crippen LogP contribution in [0.3, 0.4) is 0 Å². The topological polar surface area (TPSA) is 52.0 Å². The lowest BCUT2D eigenvalue weighted by molar-refractivity contribution is 0.0972. The van der Waals surface area contributed by atoms with Gasteiger partial charge in [0, 0.05) is 29.7 Å². The van der Waals surface area contributed by atoms with Gasteiger partial charge in [-0.2, -0.15) is 0 Å². The first-order valence-corrected chi connectivity index (χ1v) is 9.36. The molecule has 0 saturated heterocycles. The second-order valence-electron chi connectivity index (χ2n) is 7.15. The zero-order valence-electron chi connectivity index (χ0n) is 15.5. The molecule has 3 aromatic carbocycles. The van der Waals surface area contributed by atoms with E-state index in [0.717, 1.165) is 39.1 Å². The van der Waals surface area contributed by atoms with E-state index in [1.165, 1.54) is 0 Å². The molecule has 0 spiro atoms. The molecule has 1 aliphatic heterocycles. The average molecular weight is 366 g/mol. The standard InChI is InChI=1S/C24H18N2O2/c1-15(27)18-4-2-5-19(14-18)16-8-10-17(11-9-16)24-25-21-7-3-6-20-22(28)12-13-26(24)23(20)21/h2-11,14H,12-13H2,1H3. The number of para-hydroxylation sites is 1. The van der Waals surface area contributed by atoms with Crippen LogP contribution in [0.5, 0.6) is 0 Å². The van der Waals surface area contributed by atoms with E-state index in [1.807, 2.05) is 42.5 Å². The lowest BCUT2D eigenvalue weighted by Crippen LogP contribution is -2.14. The van der Waals surface area contributed by atoms with Crippen LogP contribution >= 0.6 is 0 Å². The van der Waals surface area contributed by atoms with Crippen LogP contribution in [0.25, 0.3) is 33.5 Å². The van der Waals surface area contributed by atoms with Gasteiger partial charge in [-0.1, -0.05) is 48.5 Å². The molecule has 0 fully saturated rings. The molecule has 136 valence electrons. The van der Waals surface area contributed by atoms with Gasteiger partial charge in [0.2, 0.25) is 0 Å². The third kappa shape index (κ3) is 2.57. The predicted octanol–water partition coefficient (Wildman–Crippen LogP) is 5.16. The van der Waals surface area contributed by atoms with Gasteiger partial charge in [0.25, 0.3) is 0 Å². The Labute approximate surface area is 162 Å². The lowest BCUT2D eigenvalue weighted by Gasteiger charge is -2.16. The quantitative estimate of drug-likeness (QED) is 0.471. The molecule has 0 atom stereocenters. The molecule has 5 rings (SSSR count). The number of ketones is 2. The average Bonchev–Trinajstić information content (AvgIpc) is 3.11. The van der Waals surface area contributed by atoms with E-state index in [9.17, 15) is 9.59 Å². The van der Waals surface area contributed by atoms with E-state index >= 15 is 0 Å². The molecule has 0 aliphatic carbocycles. The van der Waals surface area contributed by atoms with Crippen LogP contribution in [0.15, 0.2) is 66.7 Å². The van der Waals surface area contributed by atoms with Crippen LogP contribution in [0.1, 0.15) is 34.1 Å². The van der Waals surface area contributed by atoms with Crippen molar-refractivity contribution in [2.45, 2.75) is 19.9 Å². The molecule has 0 saturated carbocycles. The molecule has 0 N–H and O–H groups in total. The summed E-state index contributed by atoms with van der Waals surface area (Å²) in [5, 5.41) is 0. The van der Waals surface area contributed by atoms with Crippen molar-refractivity contribution in [3.05, 3.63) is 77.9 Å². The van der Waals surface area contributed by atoms with Crippen LogP contribution in [0.2, 0.25) is 0 Å². The van der Waals surface area contributed by atoms with E-state index in [1.54, 1.807) is 6.92 Å². The van der Waals surface area contributed by atoms with E-state index < -0.39 is 0 Å².